The Balaban J connectivity index is 1.41. The van der Waals surface area contributed by atoms with Gasteiger partial charge in [-0.1, -0.05) is 48.9 Å². The summed E-state index contributed by atoms with van der Waals surface area (Å²) in [5, 5.41) is 45.0. The van der Waals surface area contributed by atoms with Gasteiger partial charge in [-0.05, 0) is 105 Å². The lowest BCUT2D eigenvalue weighted by Gasteiger charge is -2.46. The van der Waals surface area contributed by atoms with E-state index in [0.717, 1.165) is 66.3 Å². The third kappa shape index (κ3) is 7.44. The zero-order chi connectivity index (χ0) is 33.2. The van der Waals surface area contributed by atoms with Crippen LogP contribution in [0.5, 0.6) is 0 Å². The zero-order valence-electron chi connectivity index (χ0n) is 27.9. The number of benzene rings is 2. The van der Waals surface area contributed by atoms with Crippen LogP contribution in [0.1, 0.15) is 97.5 Å². The molecule has 1 saturated heterocycles. The van der Waals surface area contributed by atoms with E-state index in [0.29, 0.717) is 42.8 Å². The van der Waals surface area contributed by atoms with Gasteiger partial charge in [0, 0.05) is 41.9 Å². The van der Waals surface area contributed by atoms with Gasteiger partial charge in [-0.3, -0.25) is 9.69 Å². The molecule has 3 aliphatic carbocycles. The molecule has 4 aliphatic rings. The van der Waals surface area contributed by atoms with Gasteiger partial charge in [0.1, 0.15) is 0 Å². The maximum atomic E-state index is 14.5. The summed E-state index contributed by atoms with van der Waals surface area (Å²) in [6.45, 7) is 5.89. The fourth-order valence-corrected chi connectivity index (χ4v) is 9.45. The first-order valence-corrected chi connectivity index (χ1v) is 18.3. The molecule has 0 spiro atoms. The number of carbonyl (C=O) groups is 1. The van der Waals surface area contributed by atoms with Gasteiger partial charge >= 0.3 is 0 Å². The number of aliphatic hydroxyl groups is 4. The lowest BCUT2D eigenvalue weighted by atomic mass is 9.64. The van der Waals surface area contributed by atoms with Crippen molar-refractivity contribution in [2.24, 2.45) is 5.41 Å². The predicted molar refractivity (Wildman–Crippen MR) is 187 cm³/mol. The molecule has 2 fully saturated rings. The van der Waals surface area contributed by atoms with Gasteiger partial charge in [-0.2, -0.15) is 0 Å². The van der Waals surface area contributed by atoms with Crippen molar-refractivity contribution < 1.29 is 30.0 Å². The van der Waals surface area contributed by atoms with Crippen LogP contribution < -0.4 is 0 Å². The van der Waals surface area contributed by atoms with Crippen molar-refractivity contribution in [3.8, 4) is 0 Å². The van der Waals surface area contributed by atoms with E-state index >= 15 is 0 Å². The van der Waals surface area contributed by atoms with Gasteiger partial charge in [0.05, 0.1) is 35.4 Å². The van der Waals surface area contributed by atoms with Crippen LogP contribution in [0.2, 0.25) is 0 Å². The van der Waals surface area contributed by atoms with E-state index in [4.69, 9.17) is 4.74 Å². The Bertz CT molecular complexity index is 1550. The Hall–Kier alpha value is -2.43. The fraction of sp³-hybridized carbons (Fsp3) is 0.564. The van der Waals surface area contributed by atoms with Gasteiger partial charge in [-0.25, -0.2) is 0 Å². The number of hydrogen-bond donors (Lipinski definition) is 4. The largest absolute Gasteiger partial charge is 0.394 e. The zero-order valence-corrected chi connectivity index (χ0v) is 28.7. The van der Waals surface area contributed by atoms with E-state index in [1.807, 2.05) is 36.4 Å². The lowest BCUT2D eigenvalue weighted by Crippen LogP contribution is -2.55. The van der Waals surface area contributed by atoms with Crippen molar-refractivity contribution in [1.29, 1.82) is 0 Å². The minimum Gasteiger partial charge on any atom is -0.394 e. The van der Waals surface area contributed by atoms with Crippen LogP contribution in [0.15, 0.2) is 60.2 Å². The Kier molecular flexibility index (Phi) is 10.7. The molecular weight excluding hydrogens is 610 g/mol. The standard InChI is InChI=1S/C39H51NO6S/c1-26-7-5-16-38(2)34(15-17-39(38,45)25-40(22-30(43)24-41)23-31-9-6-18-46-31)32-14-12-27(19-29(42)13-11-26)20-33(32)37(44)36-21-28-8-3-4-10-35(28)47-36/h3-4,7-8,10,12,14,20-21,29-31,34,41-43,45H,5-6,9,11,13,15-19,22-25H2,1-2H3/t29-,30-,31+,34-,38-,39+/m0/s1. The second-order valence-corrected chi connectivity index (χ2v) is 15.7. The van der Waals surface area contributed by atoms with Crippen LogP contribution in [0.4, 0.5) is 0 Å². The van der Waals surface area contributed by atoms with Crippen molar-refractivity contribution in [2.45, 2.75) is 101 Å². The number of nitrogens with zero attached hydrogens (tertiary/aromatic N) is 1. The Morgan fingerprint density at radius 3 is 2.72 bits per heavy atom. The summed E-state index contributed by atoms with van der Waals surface area (Å²) in [6, 6.07) is 16.2. The van der Waals surface area contributed by atoms with Gasteiger partial charge in [0.2, 0.25) is 5.78 Å². The smallest absolute Gasteiger partial charge is 0.203 e. The summed E-state index contributed by atoms with van der Waals surface area (Å²) >= 11 is 1.51. The summed E-state index contributed by atoms with van der Waals surface area (Å²) < 4.78 is 7.03. The molecule has 0 unspecified atom stereocenters. The topological polar surface area (TPSA) is 110 Å². The molecule has 7 rings (SSSR count). The molecule has 3 aromatic rings. The van der Waals surface area contributed by atoms with Crippen LogP contribution in [0.25, 0.3) is 10.1 Å². The van der Waals surface area contributed by atoms with E-state index in [-0.39, 0.29) is 31.0 Å². The van der Waals surface area contributed by atoms with E-state index in [1.165, 1.54) is 16.9 Å². The Labute approximate surface area is 282 Å². The number of fused-ring (bicyclic) bond motifs is 9. The minimum atomic E-state index is -1.10. The molecule has 8 heteroatoms. The van der Waals surface area contributed by atoms with Gasteiger partial charge < -0.3 is 25.2 Å². The van der Waals surface area contributed by atoms with Crippen LogP contribution in [0.3, 0.4) is 0 Å². The molecule has 2 bridgehead atoms. The number of thiophene rings is 1. The summed E-state index contributed by atoms with van der Waals surface area (Å²) in [5.74, 6) is -0.0898. The molecule has 2 aromatic carbocycles. The Morgan fingerprint density at radius 2 is 1.96 bits per heavy atom. The SMILES string of the molecule is CC1=CCC[C@@]2(C)[C@@H](CC[C@@]2(O)CN(C[C@H](O)CO)C[C@H]2CCCO2)c2ccc(cc2C(=O)c2cc3ccccc3s2)C[C@@H](O)CC1. The quantitative estimate of drug-likeness (QED) is 0.164. The molecule has 1 saturated carbocycles. The second kappa shape index (κ2) is 14.6. The summed E-state index contributed by atoms with van der Waals surface area (Å²) in [4.78, 5) is 17.3. The van der Waals surface area contributed by atoms with E-state index < -0.39 is 23.2 Å². The number of rotatable bonds is 9. The van der Waals surface area contributed by atoms with Crippen molar-refractivity contribution in [1.82, 2.24) is 4.90 Å². The predicted octanol–water partition coefficient (Wildman–Crippen LogP) is 6.01. The van der Waals surface area contributed by atoms with E-state index in [2.05, 4.69) is 37.0 Å². The van der Waals surface area contributed by atoms with Gasteiger partial charge in [0.25, 0.3) is 0 Å². The first kappa shape index (κ1) is 34.4. The third-order valence-electron chi connectivity index (χ3n) is 11.2. The molecule has 7 nitrogen and oxygen atoms in total. The third-order valence-corrected chi connectivity index (χ3v) is 12.3. The highest BCUT2D eigenvalue weighted by molar-refractivity contribution is 7.21. The fourth-order valence-electron chi connectivity index (χ4n) is 8.43. The molecule has 254 valence electrons. The Morgan fingerprint density at radius 1 is 1.13 bits per heavy atom. The number of carbonyl (C=O) groups excluding carboxylic acids is 1. The number of aliphatic hydroxyl groups excluding tert-OH is 3. The highest BCUT2D eigenvalue weighted by atomic mass is 32.1. The van der Waals surface area contributed by atoms with Gasteiger partial charge in [-0.15, -0.1) is 11.3 Å². The highest BCUT2D eigenvalue weighted by Crippen LogP contribution is 2.59. The molecule has 1 aromatic heterocycles. The molecule has 1 aliphatic heterocycles. The van der Waals surface area contributed by atoms with Crippen molar-refractivity contribution in [2.75, 3.05) is 32.8 Å². The van der Waals surface area contributed by atoms with Crippen LogP contribution in [-0.2, 0) is 11.2 Å². The van der Waals surface area contributed by atoms with Crippen LogP contribution in [-0.4, -0.2) is 87.9 Å². The number of ether oxygens (including phenoxy) is 1. The molecule has 2 heterocycles. The molecule has 4 N–H and O–H groups in total. The van der Waals surface area contributed by atoms with Crippen molar-refractivity contribution in [3.05, 3.63) is 81.7 Å². The number of allylic oxidation sites excluding steroid dienone is 2. The molecule has 0 amide bonds. The molecule has 6 atom stereocenters. The average Bonchev–Trinajstić information content (AvgIpc) is 3.78. The minimum absolute atomic E-state index is 0.00996. The van der Waals surface area contributed by atoms with Gasteiger partial charge in [0.15, 0.2) is 0 Å². The number of hydrogen-bond acceptors (Lipinski definition) is 8. The average molecular weight is 662 g/mol. The summed E-state index contributed by atoms with van der Waals surface area (Å²) in [7, 11) is 0. The normalized spacial score (nSPS) is 29.2. The summed E-state index contributed by atoms with van der Waals surface area (Å²) in [6.07, 6.45) is 7.55. The number of ketones is 1. The second-order valence-electron chi connectivity index (χ2n) is 14.6. The molecular formula is C39H51NO6S. The lowest BCUT2D eigenvalue weighted by molar-refractivity contribution is -0.0945. The molecule has 0 radical (unpaired) electrons. The van der Waals surface area contributed by atoms with Crippen LogP contribution in [0, 0.1) is 5.41 Å². The van der Waals surface area contributed by atoms with E-state index in [9.17, 15) is 25.2 Å². The molecule has 47 heavy (non-hydrogen) atoms. The van der Waals surface area contributed by atoms with Crippen LogP contribution >= 0.6 is 11.3 Å². The monoisotopic (exact) mass is 661 g/mol. The first-order valence-electron chi connectivity index (χ1n) is 17.4. The van der Waals surface area contributed by atoms with Crippen molar-refractivity contribution in [3.63, 3.8) is 0 Å². The maximum absolute atomic E-state index is 14.5. The highest BCUT2D eigenvalue weighted by Gasteiger charge is 2.57. The van der Waals surface area contributed by atoms with E-state index in [1.54, 1.807) is 0 Å². The van der Waals surface area contributed by atoms with Crippen molar-refractivity contribution >= 4 is 27.2 Å². The summed E-state index contributed by atoms with van der Waals surface area (Å²) in [5.41, 5.74) is 2.13. The first-order chi connectivity index (χ1) is 22.6. The maximum Gasteiger partial charge on any atom is 0.203 e.